The highest BCUT2D eigenvalue weighted by atomic mass is 35.5. The topological polar surface area (TPSA) is 35.2 Å². The third kappa shape index (κ3) is 2.51. The summed E-state index contributed by atoms with van der Waals surface area (Å²) in [6.45, 7) is 1.40. The number of ether oxygens (including phenoxy) is 1. The molecule has 2 fully saturated rings. The number of rotatable bonds is 4. The summed E-state index contributed by atoms with van der Waals surface area (Å²) in [5, 5.41) is 0.187. The Bertz CT molecular complexity index is 477. The minimum atomic E-state index is -0.367. The van der Waals surface area contributed by atoms with E-state index < -0.39 is 0 Å². The van der Waals surface area contributed by atoms with Gasteiger partial charge < -0.3 is 10.5 Å². The van der Waals surface area contributed by atoms with E-state index >= 15 is 0 Å². The van der Waals surface area contributed by atoms with Crippen molar-refractivity contribution in [2.24, 2.45) is 17.1 Å². The van der Waals surface area contributed by atoms with Crippen molar-refractivity contribution in [1.29, 1.82) is 0 Å². The molecule has 1 aliphatic carbocycles. The SMILES string of the molecule is NCC1(Cc2ccc(F)c(Cl)c2)CCOC1C1CC1. The van der Waals surface area contributed by atoms with Crippen LogP contribution >= 0.6 is 11.6 Å². The van der Waals surface area contributed by atoms with Gasteiger partial charge in [0.25, 0.3) is 0 Å². The minimum absolute atomic E-state index is 0.00231. The van der Waals surface area contributed by atoms with Gasteiger partial charge in [0.15, 0.2) is 0 Å². The summed E-state index contributed by atoms with van der Waals surface area (Å²) in [6.07, 6.45) is 4.57. The van der Waals surface area contributed by atoms with Gasteiger partial charge in [-0.15, -0.1) is 0 Å². The van der Waals surface area contributed by atoms with Crippen molar-refractivity contribution < 1.29 is 9.13 Å². The molecule has 0 amide bonds. The molecular weight excluding hydrogens is 265 g/mol. The largest absolute Gasteiger partial charge is 0.377 e. The summed E-state index contributed by atoms with van der Waals surface area (Å²) >= 11 is 5.86. The Balaban J connectivity index is 1.83. The molecule has 0 bridgehead atoms. The maximum atomic E-state index is 13.2. The summed E-state index contributed by atoms with van der Waals surface area (Å²) in [5.74, 6) is 0.301. The van der Waals surface area contributed by atoms with Crippen LogP contribution in [0.1, 0.15) is 24.8 Å². The smallest absolute Gasteiger partial charge is 0.141 e. The van der Waals surface area contributed by atoms with Crippen LogP contribution in [0.5, 0.6) is 0 Å². The Labute approximate surface area is 118 Å². The lowest BCUT2D eigenvalue weighted by atomic mass is 9.74. The standard InChI is InChI=1S/C15H19ClFNO/c16-12-7-10(1-4-13(12)17)8-15(9-18)5-6-19-14(15)11-2-3-11/h1,4,7,11,14H,2-3,5-6,8-9,18H2. The first-order valence-electron chi connectivity index (χ1n) is 6.90. The highest BCUT2D eigenvalue weighted by Gasteiger charge is 2.50. The molecule has 0 spiro atoms. The first-order valence-corrected chi connectivity index (χ1v) is 7.28. The average molecular weight is 284 g/mol. The van der Waals surface area contributed by atoms with Gasteiger partial charge in [0, 0.05) is 18.6 Å². The summed E-state index contributed by atoms with van der Waals surface area (Å²) in [6, 6.07) is 4.96. The Morgan fingerprint density at radius 3 is 2.84 bits per heavy atom. The maximum absolute atomic E-state index is 13.2. The van der Waals surface area contributed by atoms with Crippen LogP contribution in [0.4, 0.5) is 4.39 Å². The highest BCUT2D eigenvalue weighted by Crippen LogP contribution is 2.49. The van der Waals surface area contributed by atoms with E-state index in [2.05, 4.69) is 0 Å². The van der Waals surface area contributed by atoms with Gasteiger partial charge in [0.2, 0.25) is 0 Å². The average Bonchev–Trinajstić information content (AvgIpc) is 3.16. The van der Waals surface area contributed by atoms with Crippen LogP contribution in [-0.2, 0) is 11.2 Å². The van der Waals surface area contributed by atoms with Crippen LogP contribution in [0, 0.1) is 17.2 Å². The fraction of sp³-hybridized carbons (Fsp3) is 0.600. The molecule has 2 nitrogen and oxygen atoms in total. The first kappa shape index (κ1) is 13.3. The number of hydrogen-bond donors (Lipinski definition) is 1. The van der Waals surface area contributed by atoms with Crippen molar-refractivity contribution in [2.45, 2.75) is 31.8 Å². The third-order valence-electron chi connectivity index (χ3n) is 4.50. The highest BCUT2D eigenvalue weighted by molar-refractivity contribution is 6.30. The summed E-state index contributed by atoms with van der Waals surface area (Å²) < 4.78 is 19.1. The van der Waals surface area contributed by atoms with E-state index in [1.165, 1.54) is 18.9 Å². The van der Waals surface area contributed by atoms with Crippen molar-refractivity contribution >= 4 is 11.6 Å². The van der Waals surface area contributed by atoms with Crippen LogP contribution in [-0.4, -0.2) is 19.3 Å². The Morgan fingerprint density at radius 1 is 1.42 bits per heavy atom. The number of hydrogen-bond acceptors (Lipinski definition) is 2. The fourth-order valence-electron chi connectivity index (χ4n) is 3.28. The first-order chi connectivity index (χ1) is 9.14. The molecular formula is C15H19ClFNO. The lowest BCUT2D eigenvalue weighted by Gasteiger charge is -2.33. The normalized spacial score (nSPS) is 30.8. The number of halogens is 2. The van der Waals surface area contributed by atoms with Crippen molar-refractivity contribution in [1.82, 2.24) is 0 Å². The molecule has 1 saturated carbocycles. The predicted octanol–water partition coefficient (Wildman–Crippen LogP) is 3.17. The van der Waals surface area contributed by atoms with Gasteiger partial charge in [-0.2, -0.15) is 0 Å². The molecule has 0 radical (unpaired) electrons. The molecule has 19 heavy (non-hydrogen) atoms. The van der Waals surface area contributed by atoms with Gasteiger partial charge >= 0.3 is 0 Å². The maximum Gasteiger partial charge on any atom is 0.141 e. The molecule has 3 rings (SSSR count). The van der Waals surface area contributed by atoms with E-state index in [9.17, 15) is 4.39 Å². The number of nitrogens with two attached hydrogens (primary N) is 1. The van der Waals surface area contributed by atoms with Gasteiger partial charge in [-0.25, -0.2) is 4.39 Å². The zero-order chi connectivity index (χ0) is 13.5. The lowest BCUT2D eigenvalue weighted by molar-refractivity contribution is 0.0345. The van der Waals surface area contributed by atoms with Gasteiger partial charge in [-0.3, -0.25) is 0 Å². The Morgan fingerprint density at radius 2 is 2.21 bits per heavy atom. The van der Waals surface area contributed by atoms with E-state index in [0.717, 1.165) is 25.0 Å². The molecule has 2 atom stereocenters. The second kappa shape index (κ2) is 5.04. The summed E-state index contributed by atoms with van der Waals surface area (Å²) in [7, 11) is 0. The lowest BCUT2D eigenvalue weighted by Crippen LogP contribution is -2.41. The van der Waals surface area contributed by atoms with Crippen LogP contribution < -0.4 is 5.73 Å². The van der Waals surface area contributed by atoms with Crippen molar-refractivity contribution in [3.8, 4) is 0 Å². The monoisotopic (exact) mass is 283 g/mol. The molecule has 1 aromatic rings. The van der Waals surface area contributed by atoms with Crippen molar-refractivity contribution in [2.75, 3.05) is 13.2 Å². The van der Waals surface area contributed by atoms with E-state index in [-0.39, 0.29) is 22.4 Å². The van der Waals surface area contributed by atoms with E-state index in [0.29, 0.717) is 12.5 Å². The van der Waals surface area contributed by atoms with Crippen LogP contribution in [0.25, 0.3) is 0 Å². The van der Waals surface area contributed by atoms with Crippen molar-refractivity contribution in [3.63, 3.8) is 0 Å². The molecule has 4 heteroatoms. The summed E-state index contributed by atoms with van der Waals surface area (Å²) in [5.41, 5.74) is 7.10. The van der Waals surface area contributed by atoms with E-state index in [1.54, 1.807) is 12.1 Å². The zero-order valence-corrected chi connectivity index (χ0v) is 11.6. The summed E-state index contributed by atoms with van der Waals surface area (Å²) in [4.78, 5) is 0. The molecule has 0 aromatic heterocycles. The van der Waals surface area contributed by atoms with Gasteiger partial charge in [0.1, 0.15) is 5.82 Å². The zero-order valence-electron chi connectivity index (χ0n) is 10.9. The second-order valence-corrected chi connectivity index (χ2v) is 6.28. The third-order valence-corrected chi connectivity index (χ3v) is 4.79. The fourth-order valence-corrected chi connectivity index (χ4v) is 3.48. The minimum Gasteiger partial charge on any atom is -0.377 e. The van der Waals surface area contributed by atoms with Gasteiger partial charge in [0.05, 0.1) is 11.1 Å². The quantitative estimate of drug-likeness (QED) is 0.921. The van der Waals surface area contributed by atoms with Crippen LogP contribution in [0.15, 0.2) is 18.2 Å². The number of benzene rings is 1. The van der Waals surface area contributed by atoms with Crippen LogP contribution in [0.3, 0.4) is 0 Å². The second-order valence-electron chi connectivity index (χ2n) is 5.87. The van der Waals surface area contributed by atoms with Crippen LogP contribution in [0.2, 0.25) is 5.02 Å². The molecule has 2 unspecified atom stereocenters. The molecule has 1 aliphatic heterocycles. The molecule has 2 aliphatic rings. The van der Waals surface area contributed by atoms with Gasteiger partial charge in [-0.1, -0.05) is 17.7 Å². The Hall–Kier alpha value is -0.640. The predicted molar refractivity (Wildman–Crippen MR) is 73.7 cm³/mol. The molecule has 1 heterocycles. The van der Waals surface area contributed by atoms with Gasteiger partial charge in [-0.05, 0) is 49.3 Å². The molecule has 104 valence electrons. The van der Waals surface area contributed by atoms with Crippen molar-refractivity contribution in [3.05, 3.63) is 34.6 Å². The molecule has 1 saturated heterocycles. The van der Waals surface area contributed by atoms with E-state index in [4.69, 9.17) is 22.1 Å². The molecule has 1 aromatic carbocycles. The Kier molecular flexibility index (Phi) is 3.54. The van der Waals surface area contributed by atoms with E-state index in [1.807, 2.05) is 0 Å². The molecule has 2 N–H and O–H groups in total.